The summed E-state index contributed by atoms with van der Waals surface area (Å²) in [6, 6.07) is 16.3. The van der Waals surface area contributed by atoms with Crippen molar-refractivity contribution in [2.24, 2.45) is 0 Å². The van der Waals surface area contributed by atoms with Crippen LogP contribution in [0.3, 0.4) is 0 Å². The number of nitrogens with one attached hydrogen (secondary N) is 1. The summed E-state index contributed by atoms with van der Waals surface area (Å²) in [7, 11) is 0. The van der Waals surface area contributed by atoms with Crippen molar-refractivity contribution in [3.05, 3.63) is 113 Å². The zero-order valence-electron chi connectivity index (χ0n) is 26.0. The molecule has 214 valence electrons. The lowest BCUT2D eigenvalue weighted by Gasteiger charge is -2.19. The standard InChI is InChI=1S/C27H32S.C5H11N.C3H6.C2H6/c1-4-28-24-14-11-21(12-15-24)17-23-13-16-26-22(9-6-10-25(23)26)18-27-19(2)7-5-8-20(27)3;1-3-5-6-4-2;1-3-2;1-2/h6-7,9-12,14-15,23H,4-5,8,13,16-18H2,1-3H3;3,6H,1,4-5H2,2H3;3H,1H2,2H3;1-2H3. The topological polar surface area (TPSA) is 12.0 Å². The van der Waals surface area contributed by atoms with Crippen LogP contribution < -0.4 is 5.32 Å². The third-order valence-electron chi connectivity index (χ3n) is 7.08. The summed E-state index contributed by atoms with van der Waals surface area (Å²) in [6.07, 6.45) is 13.3. The van der Waals surface area contributed by atoms with E-state index in [4.69, 9.17) is 0 Å². The largest absolute Gasteiger partial charge is 0.314 e. The maximum Gasteiger partial charge on any atom is 0.0132 e. The van der Waals surface area contributed by atoms with Gasteiger partial charge in [-0.25, -0.2) is 0 Å². The zero-order valence-corrected chi connectivity index (χ0v) is 26.9. The minimum absolute atomic E-state index is 0.678. The highest BCUT2D eigenvalue weighted by atomic mass is 32.2. The van der Waals surface area contributed by atoms with Gasteiger partial charge in [-0.15, -0.1) is 24.9 Å². The average Bonchev–Trinajstić information content (AvgIpc) is 3.36. The summed E-state index contributed by atoms with van der Waals surface area (Å²) in [6.45, 7) is 23.7. The molecule has 2 aromatic rings. The zero-order chi connectivity index (χ0) is 29.0. The lowest BCUT2D eigenvalue weighted by atomic mass is 9.86. The molecule has 2 aliphatic carbocycles. The second-order valence-electron chi connectivity index (χ2n) is 9.87. The van der Waals surface area contributed by atoms with Gasteiger partial charge in [-0.2, -0.15) is 0 Å². The SMILES string of the molecule is C=CC.C=CCNCC.CC.CCSc1ccc(CC2CCc3c(CC4=C(C)CCC=C4C)cccc32)cc1. The highest BCUT2D eigenvalue weighted by molar-refractivity contribution is 7.99. The quantitative estimate of drug-likeness (QED) is 0.191. The van der Waals surface area contributed by atoms with Crippen molar-refractivity contribution in [3.63, 3.8) is 0 Å². The Balaban J connectivity index is 0.000000595. The van der Waals surface area contributed by atoms with Gasteiger partial charge in [0.15, 0.2) is 0 Å². The number of allylic oxidation sites excluding steroid dienone is 5. The fraction of sp³-hybridized carbons (Fsp3) is 0.459. The third-order valence-corrected chi connectivity index (χ3v) is 7.97. The Bertz CT molecular complexity index is 1040. The number of hydrogen-bond donors (Lipinski definition) is 1. The number of likely N-dealkylation sites (N-methyl/N-ethyl adjacent to an activating group) is 1. The van der Waals surface area contributed by atoms with Crippen molar-refractivity contribution in [2.75, 3.05) is 18.8 Å². The monoisotopic (exact) mass is 545 g/mol. The Morgan fingerprint density at radius 3 is 2.26 bits per heavy atom. The van der Waals surface area contributed by atoms with Crippen LogP contribution in [0.1, 0.15) is 95.9 Å². The third kappa shape index (κ3) is 11.8. The Morgan fingerprint density at radius 2 is 1.69 bits per heavy atom. The lowest BCUT2D eigenvalue weighted by molar-refractivity contribution is 0.674. The van der Waals surface area contributed by atoms with Crippen molar-refractivity contribution in [3.8, 4) is 0 Å². The second kappa shape index (κ2) is 20.6. The molecule has 0 fully saturated rings. The van der Waals surface area contributed by atoms with E-state index in [-0.39, 0.29) is 0 Å². The molecule has 0 bridgehead atoms. The van der Waals surface area contributed by atoms with Crippen molar-refractivity contribution in [1.29, 1.82) is 0 Å². The van der Waals surface area contributed by atoms with Crippen LogP contribution in [0.2, 0.25) is 0 Å². The first kappa shape index (κ1) is 34.7. The van der Waals surface area contributed by atoms with Gasteiger partial charge in [0.2, 0.25) is 0 Å². The summed E-state index contributed by atoms with van der Waals surface area (Å²) in [5, 5.41) is 3.08. The van der Waals surface area contributed by atoms with E-state index in [1.807, 2.05) is 38.6 Å². The second-order valence-corrected chi connectivity index (χ2v) is 11.2. The molecular weight excluding hydrogens is 490 g/mol. The van der Waals surface area contributed by atoms with Gasteiger partial charge in [-0.3, -0.25) is 0 Å². The van der Waals surface area contributed by atoms with E-state index < -0.39 is 0 Å². The van der Waals surface area contributed by atoms with Crippen LogP contribution in [0.5, 0.6) is 0 Å². The molecule has 0 saturated heterocycles. The van der Waals surface area contributed by atoms with Gasteiger partial charge in [-0.1, -0.05) is 87.4 Å². The Morgan fingerprint density at radius 1 is 1.00 bits per heavy atom. The van der Waals surface area contributed by atoms with Crippen LogP contribution in [0.25, 0.3) is 0 Å². The molecule has 4 rings (SSSR count). The number of benzene rings is 2. The molecule has 39 heavy (non-hydrogen) atoms. The van der Waals surface area contributed by atoms with Crippen LogP contribution in [-0.2, 0) is 19.3 Å². The van der Waals surface area contributed by atoms with Crippen LogP contribution in [0, 0.1) is 0 Å². The highest BCUT2D eigenvalue weighted by Gasteiger charge is 2.25. The van der Waals surface area contributed by atoms with Crippen LogP contribution in [0.4, 0.5) is 0 Å². The van der Waals surface area contributed by atoms with E-state index in [0.717, 1.165) is 25.3 Å². The molecule has 2 aromatic carbocycles. The Hall–Kier alpha value is -2.29. The van der Waals surface area contributed by atoms with Crippen molar-refractivity contribution in [2.45, 2.75) is 97.8 Å². The molecule has 0 heterocycles. The molecule has 0 spiro atoms. The molecule has 1 N–H and O–H groups in total. The number of thioether (sulfide) groups is 1. The van der Waals surface area contributed by atoms with Crippen molar-refractivity contribution >= 4 is 11.8 Å². The molecule has 2 heteroatoms. The van der Waals surface area contributed by atoms with Crippen LogP contribution in [0.15, 0.2) is 95.5 Å². The summed E-state index contributed by atoms with van der Waals surface area (Å²) in [5.41, 5.74) is 11.0. The molecule has 0 amide bonds. The molecule has 1 atom stereocenters. The molecule has 1 nitrogen and oxygen atoms in total. The van der Waals surface area contributed by atoms with Gasteiger partial charge in [0.05, 0.1) is 0 Å². The molecular formula is C37H55NS. The molecule has 0 aromatic heterocycles. The van der Waals surface area contributed by atoms with E-state index in [0.29, 0.717) is 5.92 Å². The first-order chi connectivity index (χ1) is 19.0. The average molecular weight is 546 g/mol. The van der Waals surface area contributed by atoms with E-state index >= 15 is 0 Å². The normalized spacial score (nSPS) is 15.4. The maximum atomic E-state index is 3.54. The molecule has 0 saturated carbocycles. The highest BCUT2D eigenvalue weighted by Crippen LogP contribution is 2.39. The first-order valence-electron chi connectivity index (χ1n) is 15.1. The number of hydrogen-bond acceptors (Lipinski definition) is 2. The summed E-state index contributed by atoms with van der Waals surface area (Å²) >= 11 is 1.93. The summed E-state index contributed by atoms with van der Waals surface area (Å²) < 4.78 is 0. The predicted molar refractivity (Wildman–Crippen MR) is 179 cm³/mol. The van der Waals surface area contributed by atoms with Crippen LogP contribution >= 0.6 is 11.8 Å². The number of rotatable bonds is 9. The van der Waals surface area contributed by atoms with Gasteiger partial charge in [-0.05, 0) is 117 Å². The van der Waals surface area contributed by atoms with Crippen molar-refractivity contribution < 1.29 is 0 Å². The molecule has 1 unspecified atom stereocenters. The van der Waals surface area contributed by atoms with E-state index in [9.17, 15) is 0 Å². The minimum Gasteiger partial charge on any atom is -0.314 e. The van der Waals surface area contributed by atoms with Gasteiger partial charge in [0.25, 0.3) is 0 Å². The number of fused-ring (bicyclic) bond motifs is 1. The van der Waals surface area contributed by atoms with Gasteiger partial charge in [0, 0.05) is 11.4 Å². The summed E-state index contributed by atoms with van der Waals surface area (Å²) in [4.78, 5) is 1.39. The smallest absolute Gasteiger partial charge is 0.0132 e. The lowest BCUT2D eigenvalue weighted by Crippen LogP contribution is -2.10. The maximum absolute atomic E-state index is 3.54. The Labute approximate surface area is 246 Å². The van der Waals surface area contributed by atoms with Gasteiger partial charge < -0.3 is 5.32 Å². The van der Waals surface area contributed by atoms with Crippen LogP contribution in [-0.4, -0.2) is 18.8 Å². The first-order valence-corrected chi connectivity index (χ1v) is 16.0. The molecule has 0 radical (unpaired) electrons. The summed E-state index contributed by atoms with van der Waals surface area (Å²) in [5.74, 6) is 1.82. The Kier molecular flexibility index (Phi) is 18.3. The van der Waals surface area contributed by atoms with Gasteiger partial charge in [0.1, 0.15) is 0 Å². The van der Waals surface area contributed by atoms with Gasteiger partial charge >= 0.3 is 0 Å². The fourth-order valence-electron chi connectivity index (χ4n) is 5.21. The van der Waals surface area contributed by atoms with E-state index in [2.05, 4.69) is 94.7 Å². The minimum atomic E-state index is 0.678. The van der Waals surface area contributed by atoms with Crippen molar-refractivity contribution in [1.82, 2.24) is 5.32 Å². The molecule has 2 aliphatic rings. The fourth-order valence-corrected chi connectivity index (χ4v) is 5.87. The predicted octanol–water partition coefficient (Wildman–Crippen LogP) is 10.7. The van der Waals surface area contributed by atoms with E-state index in [1.165, 1.54) is 48.1 Å². The molecule has 0 aliphatic heterocycles. The van der Waals surface area contributed by atoms with E-state index in [1.54, 1.807) is 33.9 Å².